The van der Waals surface area contributed by atoms with Gasteiger partial charge in [0.2, 0.25) is 0 Å². The molecule has 0 aliphatic heterocycles. The zero-order valence-corrected chi connectivity index (χ0v) is 10.7. The van der Waals surface area contributed by atoms with E-state index < -0.39 is 6.10 Å². The van der Waals surface area contributed by atoms with Gasteiger partial charge in [0.05, 0.1) is 0 Å². The van der Waals surface area contributed by atoms with Crippen molar-refractivity contribution in [3.63, 3.8) is 0 Å². The van der Waals surface area contributed by atoms with Gasteiger partial charge >= 0.3 is 0 Å². The Morgan fingerprint density at radius 3 is 2.22 bits per heavy atom. The first-order valence-electron chi connectivity index (χ1n) is 6.14. The van der Waals surface area contributed by atoms with E-state index in [1.54, 1.807) is 19.1 Å². The van der Waals surface area contributed by atoms with E-state index in [9.17, 15) is 9.50 Å². The molecule has 0 saturated carbocycles. The van der Waals surface area contributed by atoms with Crippen LogP contribution in [0.15, 0.2) is 42.5 Å². The second kappa shape index (κ2) is 5.32. The van der Waals surface area contributed by atoms with Crippen molar-refractivity contribution in [2.45, 2.75) is 26.4 Å². The van der Waals surface area contributed by atoms with E-state index in [1.165, 1.54) is 11.6 Å². The average Bonchev–Trinajstić information content (AvgIpc) is 2.41. The van der Waals surface area contributed by atoms with Crippen molar-refractivity contribution >= 4 is 0 Å². The van der Waals surface area contributed by atoms with Crippen LogP contribution in [-0.2, 0) is 6.42 Å². The van der Waals surface area contributed by atoms with Gasteiger partial charge in [-0.05, 0) is 41.7 Å². The molecule has 18 heavy (non-hydrogen) atoms. The predicted octanol–water partition coefficient (Wildman–Crippen LogP) is 3.78. The van der Waals surface area contributed by atoms with Crippen LogP contribution in [0.5, 0.6) is 0 Å². The van der Waals surface area contributed by atoms with Crippen LogP contribution in [0.25, 0.3) is 0 Å². The summed E-state index contributed by atoms with van der Waals surface area (Å²) in [6, 6.07) is 12.6. The molecule has 0 bridgehead atoms. The van der Waals surface area contributed by atoms with Crippen LogP contribution in [0.2, 0.25) is 0 Å². The summed E-state index contributed by atoms with van der Waals surface area (Å²) in [7, 11) is 0. The quantitative estimate of drug-likeness (QED) is 0.871. The summed E-state index contributed by atoms with van der Waals surface area (Å²) in [6.45, 7) is 3.79. The summed E-state index contributed by atoms with van der Waals surface area (Å²) in [5, 5.41) is 10.2. The lowest BCUT2D eigenvalue weighted by Gasteiger charge is -2.12. The number of halogens is 1. The molecule has 1 N–H and O–H groups in total. The lowest BCUT2D eigenvalue weighted by atomic mass is 9.99. The molecule has 2 aromatic rings. The van der Waals surface area contributed by atoms with Gasteiger partial charge in [0.1, 0.15) is 11.9 Å². The molecule has 0 aliphatic carbocycles. The third-order valence-corrected chi connectivity index (χ3v) is 3.22. The molecule has 2 aromatic carbocycles. The van der Waals surface area contributed by atoms with E-state index >= 15 is 0 Å². The van der Waals surface area contributed by atoms with Crippen molar-refractivity contribution in [1.82, 2.24) is 0 Å². The first kappa shape index (κ1) is 12.8. The predicted molar refractivity (Wildman–Crippen MR) is 71.0 cm³/mol. The maximum atomic E-state index is 13.5. The lowest BCUT2D eigenvalue weighted by Crippen LogP contribution is -2.01. The van der Waals surface area contributed by atoms with Crippen LogP contribution in [-0.4, -0.2) is 5.11 Å². The minimum absolute atomic E-state index is 0.281. The molecule has 1 unspecified atom stereocenters. The Morgan fingerprint density at radius 2 is 1.67 bits per heavy atom. The molecule has 0 aromatic heterocycles. The first-order chi connectivity index (χ1) is 8.61. The van der Waals surface area contributed by atoms with E-state index in [-0.39, 0.29) is 5.82 Å². The molecule has 0 spiro atoms. The number of aliphatic hydroxyl groups is 1. The molecular weight excluding hydrogens is 227 g/mol. The first-order valence-corrected chi connectivity index (χ1v) is 6.14. The lowest BCUT2D eigenvalue weighted by molar-refractivity contribution is 0.219. The molecule has 2 heteroatoms. The molecule has 94 valence electrons. The Morgan fingerprint density at radius 1 is 1.06 bits per heavy atom. The Hall–Kier alpha value is -1.67. The Balaban J connectivity index is 2.28. The van der Waals surface area contributed by atoms with Crippen molar-refractivity contribution in [2.75, 3.05) is 0 Å². The Kier molecular flexibility index (Phi) is 3.78. The zero-order chi connectivity index (χ0) is 13.1. The van der Waals surface area contributed by atoms with E-state index in [1.807, 2.05) is 24.3 Å². The van der Waals surface area contributed by atoms with Crippen molar-refractivity contribution in [3.8, 4) is 0 Å². The Bertz CT molecular complexity index is 531. The minimum Gasteiger partial charge on any atom is -0.384 e. The molecule has 0 radical (unpaired) electrons. The molecule has 0 fully saturated rings. The highest BCUT2D eigenvalue weighted by Crippen LogP contribution is 2.23. The number of benzene rings is 2. The fourth-order valence-corrected chi connectivity index (χ4v) is 1.91. The van der Waals surface area contributed by atoms with Crippen molar-refractivity contribution in [3.05, 3.63) is 70.5 Å². The number of aliphatic hydroxyl groups excluding tert-OH is 1. The third kappa shape index (κ3) is 2.59. The van der Waals surface area contributed by atoms with Crippen LogP contribution in [0.1, 0.15) is 35.3 Å². The summed E-state index contributed by atoms with van der Waals surface area (Å²) >= 11 is 0. The average molecular weight is 244 g/mol. The van der Waals surface area contributed by atoms with Gasteiger partial charge in [0, 0.05) is 0 Å². The van der Waals surface area contributed by atoms with Gasteiger partial charge in [-0.2, -0.15) is 0 Å². The van der Waals surface area contributed by atoms with Crippen molar-refractivity contribution in [2.24, 2.45) is 0 Å². The van der Waals surface area contributed by atoms with Crippen molar-refractivity contribution < 1.29 is 9.50 Å². The second-order valence-corrected chi connectivity index (χ2v) is 4.51. The standard InChI is InChI=1S/C16H17FO/c1-3-12-5-8-13(9-6-12)16(18)14-7-4-11(2)15(17)10-14/h4-10,16,18H,3H2,1-2H3. The van der Waals surface area contributed by atoms with Gasteiger partial charge in [0.15, 0.2) is 0 Å². The SMILES string of the molecule is CCc1ccc(C(O)c2ccc(C)c(F)c2)cc1. The highest BCUT2D eigenvalue weighted by atomic mass is 19.1. The molecule has 1 nitrogen and oxygen atoms in total. The van der Waals surface area contributed by atoms with Crippen LogP contribution < -0.4 is 0 Å². The van der Waals surface area contributed by atoms with E-state index in [0.29, 0.717) is 11.1 Å². The van der Waals surface area contributed by atoms with Gasteiger partial charge in [-0.3, -0.25) is 0 Å². The fourth-order valence-electron chi connectivity index (χ4n) is 1.91. The van der Waals surface area contributed by atoms with Gasteiger partial charge in [0.25, 0.3) is 0 Å². The monoisotopic (exact) mass is 244 g/mol. The molecule has 2 rings (SSSR count). The summed E-state index contributed by atoms with van der Waals surface area (Å²) in [4.78, 5) is 0. The summed E-state index contributed by atoms with van der Waals surface area (Å²) < 4.78 is 13.5. The number of aryl methyl sites for hydroxylation is 2. The molecule has 0 saturated heterocycles. The van der Waals surface area contributed by atoms with Gasteiger partial charge in [-0.25, -0.2) is 4.39 Å². The highest BCUT2D eigenvalue weighted by molar-refractivity contribution is 5.33. The van der Waals surface area contributed by atoms with E-state index in [4.69, 9.17) is 0 Å². The van der Waals surface area contributed by atoms with Crippen LogP contribution in [0.3, 0.4) is 0 Å². The van der Waals surface area contributed by atoms with Gasteiger partial charge in [-0.1, -0.05) is 43.3 Å². The van der Waals surface area contributed by atoms with E-state index in [0.717, 1.165) is 12.0 Å². The molecule has 1 atom stereocenters. The zero-order valence-electron chi connectivity index (χ0n) is 10.7. The van der Waals surface area contributed by atoms with Crippen molar-refractivity contribution in [1.29, 1.82) is 0 Å². The highest BCUT2D eigenvalue weighted by Gasteiger charge is 2.11. The smallest absolute Gasteiger partial charge is 0.126 e. The maximum Gasteiger partial charge on any atom is 0.126 e. The fraction of sp³-hybridized carbons (Fsp3) is 0.250. The van der Waals surface area contributed by atoms with Gasteiger partial charge < -0.3 is 5.11 Å². The number of rotatable bonds is 3. The number of hydrogen-bond acceptors (Lipinski definition) is 1. The molecule has 0 heterocycles. The minimum atomic E-state index is -0.772. The molecular formula is C16H17FO. The summed E-state index contributed by atoms with van der Waals surface area (Å²) in [5.41, 5.74) is 3.19. The number of hydrogen-bond donors (Lipinski definition) is 1. The third-order valence-electron chi connectivity index (χ3n) is 3.22. The van der Waals surface area contributed by atoms with Gasteiger partial charge in [-0.15, -0.1) is 0 Å². The van der Waals surface area contributed by atoms with Crippen LogP contribution >= 0.6 is 0 Å². The normalized spacial score (nSPS) is 12.4. The van der Waals surface area contributed by atoms with Crippen LogP contribution in [0.4, 0.5) is 4.39 Å². The largest absolute Gasteiger partial charge is 0.384 e. The second-order valence-electron chi connectivity index (χ2n) is 4.51. The maximum absolute atomic E-state index is 13.5. The molecule has 0 aliphatic rings. The topological polar surface area (TPSA) is 20.2 Å². The Labute approximate surface area is 107 Å². The summed E-state index contributed by atoms with van der Waals surface area (Å²) in [5.74, 6) is -0.281. The van der Waals surface area contributed by atoms with Crippen LogP contribution in [0, 0.1) is 12.7 Å². The summed E-state index contributed by atoms with van der Waals surface area (Å²) in [6.07, 6.45) is 0.196. The van der Waals surface area contributed by atoms with E-state index in [2.05, 4.69) is 6.92 Å². The molecule has 0 amide bonds.